The Bertz CT molecular complexity index is 2010. The summed E-state index contributed by atoms with van der Waals surface area (Å²) < 4.78 is 21.2. The van der Waals surface area contributed by atoms with Crippen LogP contribution >= 0.6 is 11.3 Å². The zero-order valence-electron chi connectivity index (χ0n) is 23.4. The molecule has 3 aromatic heterocycles. The minimum atomic E-state index is -0.676. The van der Waals surface area contributed by atoms with E-state index in [2.05, 4.69) is 38.6 Å². The van der Waals surface area contributed by atoms with Crippen LogP contribution in [0.1, 0.15) is 15.9 Å². The van der Waals surface area contributed by atoms with Gasteiger partial charge in [0.15, 0.2) is 5.65 Å². The molecule has 0 unspecified atom stereocenters. The molecule has 0 spiro atoms. The standard InChI is InChI=1S/C34H25FN6O2S/c35-27-19-24(43-34(42)22-5-2-1-3-6-22)12-13-25(27)31-26(20-36)29(21-8-10-23(11-9-21)41-16-14-37-15-17-41)30-32(28-7-4-18-44-28)39-40-33(30)38-31/h1-13,18-19,37H,14-17H2,(H,38,39,40). The van der Waals surface area contributed by atoms with Gasteiger partial charge >= 0.3 is 5.97 Å². The molecule has 1 fully saturated rings. The Balaban J connectivity index is 1.35. The Labute approximate surface area is 256 Å². The number of ether oxygens (including phenoxy) is 1. The number of piperazine rings is 1. The molecule has 0 amide bonds. The third-order valence-corrected chi connectivity index (χ3v) is 8.50. The van der Waals surface area contributed by atoms with Crippen molar-refractivity contribution in [3.8, 4) is 44.8 Å². The number of aromatic nitrogens is 3. The molecule has 8 nitrogen and oxygen atoms in total. The van der Waals surface area contributed by atoms with Crippen molar-refractivity contribution >= 4 is 34.0 Å². The highest BCUT2D eigenvalue weighted by molar-refractivity contribution is 7.13. The first-order valence-electron chi connectivity index (χ1n) is 14.1. The molecular formula is C34H25FN6O2S. The van der Waals surface area contributed by atoms with Crippen LogP contribution < -0.4 is 15.0 Å². The van der Waals surface area contributed by atoms with Gasteiger partial charge in [-0.05, 0) is 53.4 Å². The summed E-state index contributed by atoms with van der Waals surface area (Å²) in [7, 11) is 0. The Morgan fingerprint density at radius 2 is 1.77 bits per heavy atom. The summed E-state index contributed by atoms with van der Waals surface area (Å²) in [5.74, 6) is -1.23. The molecule has 216 valence electrons. The van der Waals surface area contributed by atoms with Crippen molar-refractivity contribution in [2.45, 2.75) is 0 Å². The Morgan fingerprint density at radius 3 is 2.48 bits per heavy atom. The molecule has 0 radical (unpaired) electrons. The van der Waals surface area contributed by atoms with Crippen LogP contribution in [0.15, 0.2) is 90.3 Å². The number of hydrogen-bond donors (Lipinski definition) is 2. The van der Waals surface area contributed by atoms with Crippen molar-refractivity contribution in [1.29, 1.82) is 5.26 Å². The normalized spacial score (nSPS) is 13.1. The van der Waals surface area contributed by atoms with Gasteiger partial charge in [0.05, 0.1) is 27.1 Å². The number of anilines is 1. The quantitative estimate of drug-likeness (QED) is 0.163. The zero-order valence-corrected chi connectivity index (χ0v) is 24.2. The number of hydrogen-bond acceptors (Lipinski definition) is 8. The van der Waals surface area contributed by atoms with Crippen LogP contribution in [-0.4, -0.2) is 47.3 Å². The highest BCUT2D eigenvalue weighted by atomic mass is 32.1. The maximum absolute atomic E-state index is 15.8. The van der Waals surface area contributed by atoms with E-state index in [4.69, 9.17) is 9.72 Å². The topological polar surface area (TPSA) is 107 Å². The second-order valence-electron chi connectivity index (χ2n) is 10.3. The van der Waals surface area contributed by atoms with Gasteiger partial charge in [-0.1, -0.05) is 36.4 Å². The number of rotatable bonds is 6. The molecule has 0 bridgehead atoms. The molecule has 0 aliphatic carbocycles. The van der Waals surface area contributed by atoms with Gasteiger partial charge in [-0.3, -0.25) is 5.10 Å². The molecular weight excluding hydrogens is 575 g/mol. The molecule has 10 heteroatoms. The number of fused-ring (bicyclic) bond motifs is 1. The maximum Gasteiger partial charge on any atom is 0.343 e. The lowest BCUT2D eigenvalue weighted by molar-refractivity contribution is 0.0734. The highest BCUT2D eigenvalue weighted by Crippen LogP contribution is 2.42. The molecule has 4 heterocycles. The third-order valence-electron chi connectivity index (χ3n) is 7.63. The Hall–Kier alpha value is -5.37. The Kier molecular flexibility index (Phi) is 7.32. The van der Waals surface area contributed by atoms with Gasteiger partial charge in [-0.15, -0.1) is 11.3 Å². The summed E-state index contributed by atoms with van der Waals surface area (Å²) in [5, 5.41) is 24.2. The molecule has 0 atom stereocenters. The van der Waals surface area contributed by atoms with Gasteiger partial charge < -0.3 is 15.0 Å². The van der Waals surface area contributed by atoms with E-state index in [-0.39, 0.29) is 22.6 Å². The van der Waals surface area contributed by atoms with Crippen molar-refractivity contribution in [2.24, 2.45) is 0 Å². The van der Waals surface area contributed by atoms with Crippen LogP contribution in [0.25, 0.3) is 44.0 Å². The zero-order chi connectivity index (χ0) is 30.0. The number of benzene rings is 3. The molecule has 1 saturated heterocycles. The number of nitriles is 1. The molecule has 0 saturated carbocycles. The number of pyridine rings is 1. The van der Waals surface area contributed by atoms with Gasteiger partial charge in [0.25, 0.3) is 0 Å². The second kappa shape index (κ2) is 11.7. The molecule has 44 heavy (non-hydrogen) atoms. The number of nitrogens with zero attached hydrogens (tertiary/aromatic N) is 4. The van der Waals surface area contributed by atoms with Crippen molar-refractivity contribution in [2.75, 3.05) is 31.1 Å². The molecule has 2 N–H and O–H groups in total. The minimum absolute atomic E-state index is 0.0462. The SMILES string of the molecule is N#Cc1c(-c2ccc(OC(=O)c3ccccc3)cc2F)nc2[nH]nc(-c3cccs3)c2c1-c1ccc(N2CCNCC2)cc1. The van der Waals surface area contributed by atoms with E-state index in [0.717, 1.165) is 48.4 Å². The number of carbonyl (C=O) groups is 1. The van der Waals surface area contributed by atoms with E-state index < -0.39 is 11.8 Å². The Morgan fingerprint density at radius 1 is 0.977 bits per heavy atom. The molecule has 6 aromatic rings. The fourth-order valence-electron chi connectivity index (χ4n) is 5.50. The lowest BCUT2D eigenvalue weighted by Gasteiger charge is -2.29. The minimum Gasteiger partial charge on any atom is -0.423 e. The molecule has 7 rings (SSSR count). The number of halogens is 1. The van der Waals surface area contributed by atoms with Crippen LogP contribution in [0, 0.1) is 17.1 Å². The summed E-state index contributed by atoms with van der Waals surface area (Å²) in [4.78, 5) is 20.5. The van der Waals surface area contributed by atoms with Gasteiger partial charge in [0.1, 0.15) is 23.3 Å². The number of nitrogens with one attached hydrogen (secondary N) is 2. The lowest BCUT2D eigenvalue weighted by atomic mass is 9.92. The largest absolute Gasteiger partial charge is 0.423 e. The van der Waals surface area contributed by atoms with E-state index in [1.807, 2.05) is 29.6 Å². The van der Waals surface area contributed by atoms with Crippen molar-refractivity contribution in [1.82, 2.24) is 20.5 Å². The van der Waals surface area contributed by atoms with Gasteiger partial charge in [0, 0.05) is 49.1 Å². The first kappa shape index (κ1) is 27.5. The lowest BCUT2D eigenvalue weighted by Crippen LogP contribution is -2.43. The van der Waals surface area contributed by atoms with Crippen LogP contribution in [-0.2, 0) is 0 Å². The maximum atomic E-state index is 15.8. The summed E-state index contributed by atoms with van der Waals surface area (Å²) >= 11 is 1.53. The van der Waals surface area contributed by atoms with E-state index in [9.17, 15) is 10.1 Å². The summed E-state index contributed by atoms with van der Waals surface area (Å²) in [6.07, 6.45) is 0. The summed E-state index contributed by atoms with van der Waals surface area (Å²) in [5.41, 5.74) is 4.46. The van der Waals surface area contributed by atoms with Gasteiger partial charge in [0.2, 0.25) is 0 Å². The van der Waals surface area contributed by atoms with Gasteiger partial charge in [-0.2, -0.15) is 10.4 Å². The van der Waals surface area contributed by atoms with Crippen molar-refractivity contribution in [3.63, 3.8) is 0 Å². The van der Waals surface area contributed by atoms with Crippen molar-refractivity contribution < 1.29 is 13.9 Å². The van der Waals surface area contributed by atoms with E-state index in [1.165, 1.54) is 23.5 Å². The first-order chi connectivity index (χ1) is 21.6. The molecule has 1 aliphatic rings. The number of aromatic amines is 1. The number of H-pyrrole nitrogens is 1. The number of esters is 1. The highest BCUT2D eigenvalue weighted by Gasteiger charge is 2.25. The second-order valence-corrected chi connectivity index (χ2v) is 11.2. The number of thiophene rings is 1. The van der Waals surface area contributed by atoms with Crippen LogP contribution in [0.3, 0.4) is 0 Å². The third kappa shape index (κ3) is 5.08. The van der Waals surface area contributed by atoms with E-state index in [0.29, 0.717) is 27.9 Å². The predicted octanol–water partition coefficient (Wildman–Crippen LogP) is 6.66. The van der Waals surface area contributed by atoms with Crippen molar-refractivity contribution in [3.05, 3.63) is 107 Å². The van der Waals surface area contributed by atoms with E-state index in [1.54, 1.807) is 30.3 Å². The van der Waals surface area contributed by atoms with E-state index >= 15 is 4.39 Å². The van der Waals surface area contributed by atoms with Gasteiger partial charge in [-0.25, -0.2) is 14.2 Å². The average molecular weight is 601 g/mol. The van der Waals surface area contributed by atoms with Crippen LogP contribution in [0.4, 0.5) is 10.1 Å². The molecule has 3 aromatic carbocycles. The first-order valence-corrected chi connectivity index (χ1v) is 15.0. The fourth-order valence-corrected chi connectivity index (χ4v) is 6.22. The molecule has 1 aliphatic heterocycles. The predicted molar refractivity (Wildman–Crippen MR) is 169 cm³/mol. The average Bonchev–Trinajstić information content (AvgIpc) is 3.75. The smallest absolute Gasteiger partial charge is 0.343 e. The summed E-state index contributed by atoms with van der Waals surface area (Å²) in [6, 6.07) is 26.9. The number of carbonyl (C=O) groups excluding carboxylic acids is 1. The monoisotopic (exact) mass is 600 g/mol. The van der Waals surface area contributed by atoms with Crippen LogP contribution in [0.2, 0.25) is 0 Å². The fraction of sp³-hybridized carbons (Fsp3) is 0.118. The summed E-state index contributed by atoms with van der Waals surface area (Å²) in [6.45, 7) is 3.66. The van der Waals surface area contributed by atoms with Crippen LogP contribution in [0.5, 0.6) is 5.75 Å².